The third-order valence-electron chi connectivity index (χ3n) is 5.23. The Morgan fingerprint density at radius 1 is 1.17 bits per heavy atom. The van der Waals surface area contributed by atoms with Crippen LogP contribution < -0.4 is 15.2 Å². The van der Waals surface area contributed by atoms with Crippen LogP contribution in [-0.4, -0.2) is 41.1 Å². The number of rotatable bonds is 5. The number of ether oxygens (including phenoxy) is 2. The fourth-order valence-electron chi connectivity index (χ4n) is 3.65. The van der Waals surface area contributed by atoms with Gasteiger partial charge < -0.3 is 18.8 Å². The Morgan fingerprint density at radius 3 is 2.53 bits per heavy atom. The van der Waals surface area contributed by atoms with Crippen molar-refractivity contribution in [2.45, 2.75) is 19.5 Å². The smallest absolute Gasteiger partial charge is 0.420 e. The minimum absolute atomic E-state index is 0.0721. The number of nitrogens with zero attached hydrogens (tertiary/aromatic N) is 3. The molecule has 0 saturated carbocycles. The summed E-state index contributed by atoms with van der Waals surface area (Å²) in [6, 6.07) is 7.63. The van der Waals surface area contributed by atoms with Crippen LogP contribution in [0, 0.1) is 10.1 Å². The van der Waals surface area contributed by atoms with Gasteiger partial charge in [-0.1, -0.05) is 0 Å². The fraction of sp³-hybridized carbons (Fsp3) is 0.300. The molecule has 1 aromatic heterocycles. The van der Waals surface area contributed by atoms with Gasteiger partial charge in [0.1, 0.15) is 6.54 Å². The average molecular weight is 413 g/mol. The zero-order valence-corrected chi connectivity index (χ0v) is 16.4. The van der Waals surface area contributed by atoms with Gasteiger partial charge in [-0.2, -0.15) is 0 Å². The molecule has 30 heavy (non-hydrogen) atoms. The monoisotopic (exact) mass is 413 g/mol. The highest BCUT2D eigenvalue weighted by molar-refractivity contribution is 5.81. The lowest BCUT2D eigenvalue weighted by molar-refractivity contribution is -0.384. The van der Waals surface area contributed by atoms with Crippen LogP contribution in [0.15, 0.2) is 39.5 Å². The summed E-state index contributed by atoms with van der Waals surface area (Å²) in [5.41, 5.74) is 2.25. The van der Waals surface area contributed by atoms with Crippen LogP contribution >= 0.6 is 0 Å². The fourth-order valence-corrected chi connectivity index (χ4v) is 3.65. The second kappa shape index (κ2) is 7.54. The number of carbonyl (C=O) groups is 1. The molecular weight excluding hydrogens is 394 g/mol. The molecule has 10 nitrogen and oxygen atoms in total. The molecule has 0 bridgehead atoms. The van der Waals surface area contributed by atoms with Crippen molar-refractivity contribution in [1.82, 2.24) is 9.47 Å². The van der Waals surface area contributed by atoms with Crippen LogP contribution in [0.2, 0.25) is 0 Å². The third-order valence-corrected chi connectivity index (χ3v) is 5.23. The first-order valence-corrected chi connectivity index (χ1v) is 9.20. The van der Waals surface area contributed by atoms with Gasteiger partial charge in [-0.25, -0.2) is 4.79 Å². The van der Waals surface area contributed by atoms with E-state index in [-0.39, 0.29) is 23.7 Å². The van der Waals surface area contributed by atoms with Crippen molar-refractivity contribution < 1.29 is 23.6 Å². The summed E-state index contributed by atoms with van der Waals surface area (Å²) in [5.74, 6) is 0.243. The first kappa shape index (κ1) is 19.5. The lowest BCUT2D eigenvalue weighted by atomic mass is 9.98. The Morgan fingerprint density at radius 2 is 1.87 bits per heavy atom. The van der Waals surface area contributed by atoms with Crippen molar-refractivity contribution in [3.63, 3.8) is 0 Å². The molecule has 1 aliphatic heterocycles. The number of carbonyl (C=O) groups excluding carboxylic acids is 1. The predicted octanol–water partition coefficient (Wildman–Crippen LogP) is 2.10. The van der Waals surface area contributed by atoms with E-state index in [4.69, 9.17) is 13.9 Å². The molecule has 0 atom stereocenters. The largest absolute Gasteiger partial charge is 0.493 e. The molecule has 10 heteroatoms. The summed E-state index contributed by atoms with van der Waals surface area (Å²) < 4.78 is 16.9. The zero-order chi connectivity index (χ0) is 21.4. The van der Waals surface area contributed by atoms with E-state index in [1.54, 1.807) is 19.1 Å². The number of benzene rings is 2. The lowest BCUT2D eigenvalue weighted by Crippen LogP contribution is -2.39. The predicted molar refractivity (Wildman–Crippen MR) is 106 cm³/mol. The Bertz CT molecular complexity index is 1210. The van der Waals surface area contributed by atoms with Crippen molar-refractivity contribution in [1.29, 1.82) is 0 Å². The van der Waals surface area contributed by atoms with Gasteiger partial charge in [0.25, 0.3) is 5.69 Å². The van der Waals surface area contributed by atoms with Crippen molar-refractivity contribution in [3.8, 4) is 11.5 Å². The van der Waals surface area contributed by atoms with E-state index in [9.17, 15) is 19.7 Å². The molecule has 0 radical (unpaired) electrons. The summed E-state index contributed by atoms with van der Waals surface area (Å²) >= 11 is 0. The van der Waals surface area contributed by atoms with Crippen molar-refractivity contribution in [3.05, 3.63) is 62.1 Å². The number of nitro groups is 1. The van der Waals surface area contributed by atoms with Crippen LogP contribution in [0.25, 0.3) is 11.1 Å². The molecule has 0 spiro atoms. The Balaban J connectivity index is 1.57. The third kappa shape index (κ3) is 3.36. The maximum absolute atomic E-state index is 12.9. The first-order valence-electron chi connectivity index (χ1n) is 9.20. The number of nitro benzene ring substituents is 1. The van der Waals surface area contributed by atoms with Crippen LogP contribution in [0.4, 0.5) is 5.69 Å². The molecule has 3 aromatic rings. The SMILES string of the molecule is COc1cc2c(cc1OC)CN(C(=O)Cn1c(=O)oc3cc([N+](=O)[O-])ccc31)CC2. The number of oxazole rings is 1. The van der Waals surface area contributed by atoms with E-state index in [0.29, 0.717) is 36.5 Å². The van der Waals surface area contributed by atoms with Crippen LogP contribution in [0.3, 0.4) is 0 Å². The summed E-state index contributed by atoms with van der Waals surface area (Å²) in [6.45, 7) is 0.661. The number of fused-ring (bicyclic) bond motifs is 2. The Kier molecular flexibility index (Phi) is 4.90. The lowest BCUT2D eigenvalue weighted by Gasteiger charge is -2.29. The van der Waals surface area contributed by atoms with E-state index >= 15 is 0 Å². The van der Waals surface area contributed by atoms with Gasteiger partial charge in [0, 0.05) is 19.2 Å². The molecular formula is C20H19N3O7. The normalized spacial score (nSPS) is 13.2. The van der Waals surface area contributed by atoms with E-state index in [1.807, 2.05) is 12.1 Å². The Labute approximate surface area is 170 Å². The van der Waals surface area contributed by atoms with E-state index in [0.717, 1.165) is 11.1 Å². The number of non-ortho nitro benzene ring substituents is 1. The summed E-state index contributed by atoms with van der Waals surface area (Å²) in [5, 5.41) is 10.9. The van der Waals surface area contributed by atoms with Crippen LogP contribution in [0.1, 0.15) is 11.1 Å². The van der Waals surface area contributed by atoms with Gasteiger partial charge in [-0.3, -0.25) is 19.5 Å². The number of hydrogen-bond donors (Lipinski definition) is 0. The maximum Gasteiger partial charge on any atom is 0.420 e. The van der Waals surface area contributed by atoms with Crippen LogP contribution in [-0.2, 0) is 24.3 Å². The minimum atomic E-state index is -0.734. The van der Waals surface area contributed by atoms with Gasteiger partial charge in [0.15, 0.2) is 17.1 Å². The van der Waals surface area contributed by atoms with E-state index < -0.39 is 10.7 Å². The molecule has 4 rings (SSSR count). The quantitative estimate of drug-likeness (QED) is 0.464. The number of hydrogen-bond acceptors (Lipinski definition) is 7. The molecule has 0 N–H and O–H groups in total. The summed E-state index contributed by atoms with van der Waals surface area (Å²) in [7, 11) is 3.13. The highest BCUT2D eigenvalue weighted by atomic mass is 16.6. The van der Waals surface area contributed by atoms with Gasteiger partial charge in [-0.05, 0) is 35.7 Å². The van der Waals surface area contributed by atoms with Gasteiger partial charge in [-0.15, -0.1) is 0 Å². The summed E-state index contributed by atoms with van der Waals surface area (Å²) in [6.07, 6.45) is 0.647. The Hall–Kier alpha value is -3.82. The van der Waals surface area contributed by atoms with Gasteiger partial charge >= 0.3 is 5.76 Å². The van der Waals surface area contributed by atoms with Gasteiger partial charge in [0.05, 0.1) is 30.7 Å². The standard InChI is InChI=1S/C20H19N3O7/c1-28-17-7-12-5-6-21(10-13(12)8-18(17)29-2)19(24)11-22-15-4-3-14(23(26)27)9-16(15)30-20(22)25/h3-4,7-9H,5-6,10-11H2,1-2H3. The summed E-state index contributed by atoms with van der Waals surface area (Å²) in [4.78, 5) is 37.1. The van der Waals surface area contributed by atoms with Crippen molar-refractivity contribution in [2.75, 3.05) is 20.8 Å². The molecule has 2 aromatic carbocycles. The van der Waals surface area contributed by atoms with Crippen LogP contribution in [0.5, 0.6) is 11.5 Å². The molecule has 1 aliphatic rings. The molecule has 0 saturated heterocycles. The topological polar surface area (TPSA) is 117 Å². The highest BCUT2D eigenvalue weighted by Crippen LogP contribution is 2.33. The molecule has 0 fully saturated rings. The number of methoxy groups -OCH3 is 2. The second-order valence-electron chi connectivity index (χ2n) is 6.90. The molecule has 0 aliphatic carbocycles. The number of aromatic nitrogens is 1. The van der Waals surface area contributed by atoms with Crippen molar-refractivity contribution in [2.24, 2.45) is 0 Å². The average Bonchev–Trinajstić information content (AvgIpc) is 3.06. The molecule has 2 heterocycles. The molecule has 1 amide bonds. The zero-order valence-electron chi connectivity index (χ0n) is 16.4. The maximum atomic E-state index is 12.9. The van der Waals surface area contributed by atoms with Crippen molar-refractivity contribution >= 4 is 22.7 Å². The number of amides is 1. The minimum Gasteiger partial charge on any atom is -0.493 e. The first-order chi connectivity index (χ1) is 14.4. The molecule has 0 unspecified atom stereocenters. The van der Waals surface area contributed by atoms with E-state index in [2.05, 4.69) is 0 Å². The molecule has 156 valence electrons. The highest BCUT2D eigenvalue weighted by Gasteiger charge is 2.24. The second-order valence-corrected chi connectivity index (χ2v) is 6.90. The van der Waals surface area contributed by atoms with Gasteiger partial charge in [0.2, 0.25) is 5.91 Å². The van der Waals surface area contributed by atoms with E-state index in [1.165, 1.54) is 22.8 Å².